The summed E-state index contributed by atoms with van der Waals surface area (Å²) in [5, 5.41) is 7.64. The first-order valence-electron chi connectivity index (χ1n) is 5.98. The maximum absolute atomic E-state index is 4.43. The SMILES string of the molecule is C=CCNc1nccn1Cc1c(C)nn(C)c1C. The fourth-order valence-electron chi connectivity index (χ4n) is 1.98. The van der Waals surface area contributed by atoms with Crippen molar-refractivity contribution in [3.8, 4) is 0 Å². The molecule has 0 amide bonds. The standard InChI is InChI=1S/C13H19N5/c1-5-6-14-13-15-7-8-18(13)9-12-10(2)16-17(4)11(12)3/h5,7-8H,1,6,9H2,2-4H3,(H,14,15). The molecule has 0 aliphatic carbocycles. The zero-order valence-corrected chi connectivity index (χ0v) is 11.1. The van der Waals surface area contributed by atoms with Gasteiger partial charge in [0.25, 0.3) is 0 Å². The van der Waals surface area contributed by atoms with Crippen molar-refractivity contribution in [3.63, 3.8) is 0 Å². The van der Waals surface area contributed by atoms with E-state index in [1.165, 1.54) is 11.3 Å². The van der Waals surface area contributed by atoms with Gasteiger partial charge in [-0.3, -0.25) is 4.68 Å². The summed E-state index contributed by atoms with van der Waals surface area (Å²) in [6.07, 6.45) is 5.59. The first-order chi connectivity index (χ1) is 8.63. The molecule has 0 fully saturated rings. The molecule has 2 aromatic heterocycles. The predicted octanol–water partition coefficient (Wildman–Crippen LogP) is 1.88. The average molecular weight is 245 g/mol. The van der Waals surface area contributed by atoms with Gasteiger partial charge in [-0.05, 0) is 13.8 Å². The number of aryl methyl sites for hydroxylation is 2. The molecule has 2 heterocycles. The molecule has 5 nitrogen and oxygen atoms in total. The van der Waals surface area contributed by atoms with Gasteiger partial charge < -0.3 is 9.88 Å². The van der Waals surface area contributed by atoms with Crippen molar-refractivity contribution >= 4 is 5.95 Å². The number of hydrogen-bond donors (Lipinski definition) is 1. The lowest BCUT2D eigenvalue weighted by atomic mass is 10.2. The van der Waals surface area contributed by atoms with E-state index in [-0.39, 0.29) is 0 Å². The maximum Gasteiger partial charge on any atom is 0.203 e. The van der Waals surface area contributed by atoms with Gasteiger partial charge >= 0.3 is 0 Å². The summed E-state index contributed by atoms with van der Waals surface area (Å²) in [4.78, 5) is 4.29. The van der Waals surface area contributed by atoms with Crippen LogP contribution in [-0.4, -0.2) is 25.9 Å². The largest absolute Gasteiger partial charge is 0.352 e. The van der Waals surface area contributed by atoms with Crippen LogP contribution in [0.5, 0.6) is 0 Å². The highest BCUT2D eigenvalue weighted by Crippen LogP contribution is 2.16. The van der Waals surface area contributed by atoms with Crippen LogP contribution >= 0.6 is 0 Å². The van der Waals surface area contributed by atoms with Crippen LogP contribution in [0.15, 0.2) is 25.0 Å². The van der Waals surface area contributed by atoms with Crippen molar-refractivity contribution in [3.05, 3.63) is 42.0 Å². The van der Waals surface area contributed by atoms with Crippen LogP contribution in [0.4, 0.5) is 5.95 Å². The van der Waals surface area contributed by atoms with E-state index in [0.29, 0.717) is 6.54 Å². The van der Waals surface area contributed by atoms with Crippen LogP contribution in [0.1, 0.15) is 17.0 Å². The number of rotatable bonds is 5. The lowest BCUT2D eigenvalue weighted by Crippen LogP contribution is -2.09. The molecule has 0 saturated heterocycles. The Morgan fingerprint density at radius 1 is 1.44 bits per heavy atom. The Labute approximate surface area is 107 Å². The summed E-state index contributed by atoms with van der Waals surface area (Å²) in [6.45, 7) is 9.31. The van der Waals surface area contributed by atoms with E-state index in [9.17, 15) is 0 Å². The summed E-state index contributed by atoms with van der Waals surface area (Å²) in [6, 6.07) is 0. The fourth-order valence-corrected chi connectivity index (χ4v) is 1.98. The van der Waals surface area contributed by atoms with Gasteiger partial charge in [0.2, 0.25) is 5.95 Å². The second kappa shape index (κ2) is 5.08. The number of nitrogens with zero attached hydrogens (tertiary/aromatic N) is 4. The molecule has 18 heavy (non-hydrogen) atoms. The molecule has 96 valence electrons. The number of imidazole rings is 1. The molecule has 5 heteroatoms. The van der Waals surface area contributed by atoms with Gasteiger partial charge in [-0.25, -0.2) is 4.98 Å². The quantitative estimate of drug-likeness (QED) is 0.818. The second-order valence-electron chi connectivity index (χ2n) is 4.32. The average Bonchev–Trinajstić information content (AvgIpc) is 2.87. The van der Waals surface area contributed by atoms with Gasteiger partial charge in [0, 0.05) is 37.2 Å². The normalized spacial score (nSPS) is 10.6. The van der Waals surface area contributed by atoms with E-state index in [4.69, 9.17) is 0 Å². The van der Waals surface area contributed by atoms with E-state index in [1.807, 2.05) is 30.9 Å². The van der Waals surface area contributed by atoms with Crippen LogP contribution in [0, 0.1) is 13.8 Å². The van der Waals surface area contributed by atoms with Crippen molar-refractivity contribution in [2.24, 2.45) is 7.05 Å². The van der Waals surface area contributed by atoms with Crippen LogP contribution in [0.3, 0.4) is 0 Å². The van der Waals surface area contributed by atoms with Gasteiger partial charge in [0.15, 0.2) is 0 Å². The molecule has 0 bridgehead atoms. The van der Waals surface area contributed by atoms with Crippen molar-refractivity contribution in [1.29, 1.82) is 0 Å². The Hall–Kier alpha value is -2.04. The lowest BCUT2D eigenvalue weighted by Gasteiger charge is -2.09. The number of nitrogens with one attached hydrogen (secondary N) is 1. The van der Waals surface area contributed by atoms with Gasteiger partial charge in [-0.2, -0.15) is 5.10 Å². The van der Waals surface area contributed by atoms with Gasteiger partial charge in [-0.15, -0.1) is 6.58 Å². The predicted molar refractivity (Wildman–Crippen MR) is 72.7 cm³/mol. The first kappa shape index (κ1) is 12.4. The van der Waals surface area contributed by atoms with Crippen LogP contribution in [0.2, 0.25) is 0 Å². The zero-order chi connectivity index (χ0) is 13.1. The summed E-state index contributed by atoms with van der Waals surface area (Å²) < 4.78 is 4.00. The van der Waals surface area contributed by atoms with E-state index in [0.717, 1.165) is 18.2 Å². The van der Waals surface area contributed by atoms with E-state index in [1.54, 1.807) is 6.20 Å². The molecule has 0 saturated carbocycles. The molecule has 0 unspecified atom stereocenters. The molecule has 0 radical (unpaired) electrons. The highest BCUT2D eigenvalue weighted by atomic mass is 15.3. The highest BCUT2D eigenvalue weighted by molar-refractivity contribution is 5.31. The Kier molecular flexibility index (Phi) is 3.50. The molecule has 0 spiro atoms. The van der Waals surface area contributed by atoms with Gasteiger partial charge in [0.05, 0.1) is 12.2 Å². The minimum atomic E-state index is 0.710. The third-order valence-corrected chi connectivity index (χ3v) is 3.11. The Morgan fingerprint density at radius 3 is 2.83 bits per heavy atom. The van der Waals surface area contributed by atoms with Crippen molar-refractivity contribution < 1.29 is 0 Å². The topological polar surface area (TPSA) is 47.7 Å². The molecule has 0 aliphatic rings. The number of anilines is 1. The van der Waals surface area contributed by atoms with Gasteiger partial charge in [0.1, 0.15) is 0 Å². The Balaban J connectivity index is 2.23. The van der Waals surface area contributed by atoms with E-state index < -0.39 is 0 Å². The van der Waals surface area contributed by atoms with Crippen molar-refractivity contribution in [2.75, 3.05) is 11.9 Å². The molecular formula is C13H19N5. The third kappa shape index (κ3) is 2.30. The minimum Gasteiger partial charge on any atom is -0.352 e. The molecular weight excluding hydrogens is 226 g/mol. The van der Waals surface area contributed by atoms with Crippen molar-refractivity contribution in [1.82, 2.24) is 19.3 Å². The summed E-state index contributed by atoms with van der Waals surface area (Å²) in [7, 11) is 1.97. The molecule has 1 N–H and O–H groups in total. The van der Waals surface area contributed by atoms with E-state index in [2.05, 4.69) is 33.5 Å². The summed E-state index contributed by atoms with van der Waals surface area (Å²) in [5.41, 5.74) is 3.51. The molecule has 0 aromatic carbocycles. The lowest BCUT2D eigenvalue weighted by molar-refractivity contribution is 0.727. The number of aromatic nitrogens is 4. The smallest absolute Gasteiger partial charge is 0.203 e. The summed E-state index contributed by atoms with van der Waals surface area (Å²) in [5.74, 6) is 0.859. The second-order valence-corrected chi connectivity index (χ2v) is 4.32. The van der Waals surface area contributed by atoms with Crippen LogP contribution in [-0.2, 0) is 13.6 Å². The third-order valence-electron chi connectivity index (χ3n) is 3.11. The van der Waals surface area contributed by atoms with E-state index >= 15 is 0 Å². The highest BCUT2D eigenvalue weighted by Gasteiger charge is 2.11. The van der Waals surface area contributed by atoms with Crippen LogP contribution in [0.25, 0.3) is 0 Å². The molecule has 0 atom stereocenters. The van der Waals surface area contributed by atoms with Crippen LogP contribution < -0.4 is 5.32 Å². The Morgan fingerprint density at radius 2 is 2.22 bits per heavy atom. The summed E-state index contributed by atoms with van der Waals surface area (Å²) >= 11 is 0. The molecule has 0 aliphatic heterocycles. The zero-order valence-electron chi connectivity index (χ0n) is 11.1. The Bertz CT molecular complexity index is 550. The van der Waals surface area contributed by atoms with Gasteiger partial charge in [-0.1, -0.05) is 6.08 Å². The molecule has 2 aromatic rings. The molecule has 2 rings (SSSR count). The monoisotopic (exact) mass is 245 g/mol. The fraction of sp³-hybridized carbons (Fsp3) is 0.385. The van der Waals surface area contributed by atoms with Crippen molar-refractivity contribution in [2.45, 2.75) is 20.4 Å². The first-order valence-corrected chi connectivity index (χ1v) is 5.98. The maximum atomic E-state index is 4.43. The minimum absolute atomic E-state index is 0.710. The number of hydrogen-bond acceptors (Lipinski definition) is 3.